The van der Waals surface area contributed by atoms with Crippen molar-refractivity contribution in [2.24, 2.45) is 0 Å². The predicted molar refractivity (Wildman–Crippen MR) is 101 cm³/mol. The summed E-state index contributed by atoms with van der Waals surface area (Å²) in [5, 5.41) is 17.2. The van der Waals surface area contributed by atoms with Gasteiger partial charge in [-0.3, -0.25) is 14.4 Å². The number of carbonyl (C=O) groups excluding carboxylic acids is 3. The summed E-state index contributed by atoms with van der Waals surface area (Å²) in [6, 6.07) is 5.56. The van der Waals surface area contributed by atoms with Gasteiger partial charge in [0.15, 0.2) is 22.7 Å². The molecule has 9 nitrogen and oxygen atoms in total. The van der Waals surface area contributed by atoms with Gasteiger partial charge in [-0.25, -0.2) is 9.07 Å². The van der Waals surface area contributed by atoms with Crippen molar-refractivity contribution >= 4 is 17.7 Å². The SMILES string of the molecule is CN(C)C(=O)C1(C)CN(C)C(=O)c2c(O)c(C(=O)NCc3ccc(F)cc3)nn21. The van der Waals surface area contributed by atoms with E-state index in [1.807, 2.05) is 0 Å². The van der Waals surface area contributed by atoms with Crippen LogP contribution in [-0.4, -0.2) is 70.1 Å². The highest BCUT2D eigenvalue weighted by molar-refractivity contribution is 6.03. The van der Waals surface area contributed by atoms with E-state index >= 15 is 0 Å². The van der Waals surface area contributed by atoms with E-state index in [0.29, 0.717) is 5.56 Å². The van der Waals surface area contributed by atoms with Crippen LogP contribution in [0, 0.1) is 5.82 Å². The molecule has 1 aromatic carbocycles. The third kappa shape index (κ3) is 3.41. The maximum Gasteiger partial charge on any atom is 0.275 e. The first-order valence-corrected chi connectivity index (χ1v) is 8.88. The van der Waals surface area contributed by atoms with Gasteiger partial charge in [0.1, 0.15) is 5.82 Å². The minimum absolute atomic E-state index is 0.0353. The highest BCUT2D eigenvalue weighted by atomic mass is 19.1. The molecule has 0 saturated heterocycles. The second-order valence-electron chi connectivity index (χ2n) is 7.40. The van der Waals surface area contributed by atoms with E-state index in [1.54, 1.807) is 21.0 Å². The van der Waals surface area contributed by atoms with Gasteiger partial charge in [0, 0.05) is 27.7 Å². The average Bonchev–Trinajstić information content (AvgIpc) is 3.03. The molecular formula is C19H22FN5O4. The Morgan fingerprint density at radius 2 is 1.93 bits per heavy atom. The minimum atomic E-state index is -1.28. The molecule has 1 aliphatic heterocycles. The third-order valence-corrected chi connectivity index (χ3v) is 4.87. The van der Waals surface area contributed by atoms with Crippen LogP contribution >= 0.6 is 0 Å². The molecule has 2 N–H and O–H groups in total. The van der Waals surface area contributed by atoms with E-state index in [4.69, 9.17) is 0 Å². The van der Waals surface area contributed by atoms with Crippen LogP contribution in [0.1, 0.15) is 33.5 Å². The van der Waals surface area contributed by atoms with Gasteiger partial charge in [-0.2, -0.15) is 5.10 Å². The molecule has 2 aromatic rings. The fourth-order valence-electron chi connectivity index (χ4n) is 3.40. The van der Waals surface area contributed by atoms with E-state index in [1.165, 1.54) is 41.1 Å². The molecule has 0 radical (unpaired) electrons. The Morgan fingerprint density at radius 1 is 1.31 bits per heavy atom. The number of nitrogens with one attached hydrogen (secondary N) is 1. The number of aromatic hydroxyl groups is 1. The van der Waals surface area contributed by atoms with Crippen LogP contribution in [0.2, 0.25) is 0 Å². The Bertz CT molecular complexity index is 985. The second kappa shape index (κ2) is 7.19. The highest BCUT2D eigenvalue weighted by Gasteiger charge is 2.48. The summed E-state index contributed by atoms with van der Waals surface area (Å²) in [5.74, 6) is -2.58. The lowest BCUT2D eigenvalue weighted by atomic mass is 9.97. The summed E-state index contributed by atoms with van der Waals surface area (Å²) < 4.78 is 14.1. The molecule has 3 rings (SSSR count). The van der Waals surface area contributed by atoms with Crippen molar-refractivity contribution in [1.82, 2.24) is 24.9 Å². The Balaban J connectivity index is 1.95. The summed E-state index contributed by atoms with van der Waals surface area (Å²) >= 11 is 0. The highest BCUT2D eigenvalue weighted by Crippen LogP contribution is 2.34. The molecule has 10 heteroatoms. The first-order chi connectivity index (χ1) is 13.6. The quantitative estimate of drug-likeness (QED) is 0.775. The van der Waals surface area contributed by atoms with Gasteiger partial charge >= 0.3 is 0 Å². The van der Waals surface area contributed by atoms with Crippen molar-refractivity contribution < 1.29 is 23.9 Å². The summed E-state index contributed by atoms with van der Waals surface area (Å²) in [4.78, 5) is 40.6. The average molecular weight is 403 g/mol. The van der Waals surface area contributed by atoms with E-state index in [0.717, 1.165) is 4.68 Å². The van der Waals surface area contributed by atoms with Crippen LogP contribution in [0.5, 0.6) is 5.75 Å². The molecule has 3 amide bonds. The lowest BCUT2D eigenvalue weighted by Crippen LogP contribution is -2.58. The van der Waals surface area contributed by atoms with Gasteiger partial charge in [0.2, 0.25) is 0 Å². The Morgan fingerprint density at radius 3 is 2.52 bits per heavy atom. The summed E-state index contributed by atoms with van der Waals surface area (Å²) in [6.45, 7) is 1.70. The Labute approximate surface area is 166 Å². The summed E-state index contributed by atoms with van der Waals surface area (Å²) in [7, 11) is 4.65. The molecule has 0 aliphatic carbocycles. The molecule has 0 bridgehead atoms. The van der Waals surface area contributed by atoms with Crippen molar-refractivity contribution in [2.45, 2.75) is 19.0 Å². The van der Waals surface area contributed by atoms with Gasteiger partial charge in [0.05, 0.1) is 6.54 Å². The topological polar surface area (TPSA) is 108 Å². The van der Waals surface area contributed by atoms with E-state index in [2.05, 4.69) is 10.4 Å². The fraction of sp³-hybridized carbons (Fsp3) is 0.368. The van der Waals surface area contributed by atoms with Crippen LogP contribution in [0.15, 0.2) is 24.3 Å². The molecular weight excluding hydrogens is 381 g/mol. The standard InChI is InChI=1S/C19H22FN5O4/c1-19(18(29)23(2)3)10-24(4)17(28)14-15(26)13(22-25(14)19)16(27)21-9-11-5-7-12(20)8-6-11/h5-8,26H,9-10H2,1-4H3,(H,21,27). The van der Waals surface area contributed by atoms with Crippen molar-refractivity contribution in [3.8, 4) is 5.75 Å². The second-order valence-corrected chi connectivity index (χ2v) is 7.40. The van der Waals surface area contributed by atoms with Gasteiger partial charge in [-0.05, 0) is 24.6 Å². The number of carbonyl (C=O) groups is 3. The lowest BCUT2D eigenvalue weighted by Gasteiger charge is -2.39. The zero-order valence-electron chi connectivity index (χ0n) is 16.6. The van der Waals surface area contributed by atoms with Crippen LogP contribution in [0.4, 0.5) is 4.39 Å². The maximum absolute atomic E-state index is 13.0. The number of benzene rings is 1. The molecule has 0 spiro atoms. The van der Waals surface area contributed by atoms with Crippen LogP contribution in [-0.2, 0) is 16.9 Å². The number of hydrogen-bond acceptors (Lipinski definition) is 5. The number of fused-ring (bicyclic) bond motifs is 1. The zero-order chi connectivity index (χ0) is 21.5. The van der Waals surface area contributed by atoms with Crippen molar-refractivity contribution in [2.75, 3.05) is 27.7 Å². The molecule has 2 heterocycles. The predicted octanol–water partition coefficient (Wildman–Crippen LogP) is 0.547. The van der Waals surface area contributed by atoms with E-state index in [9.17, 15) is 23.9 Å². The molecule has 154 valence electrons. The van der Waals surface area contributed by atoms with Crippen molar-refractivity contribution in [1.29, 1.82) is 0 Å². The van der Waals surface area contributed by atoms with Crippen molar-refractivity contribution in [3.63, 3.8) is 0 Å². The van der Waals surface area contributed by atoms with Crippen LogP contribution in [0.25, 0.3) is 0 Å². The lowest BCUT2D eigenvalue weighted by molar-refractivity contribution is -0.139. The Hall–Kier alpha value is -3.43. The van der Waals surface area contributed by atoms with E-state index in [-0.39, 0.29) is 30.4 Å². The fourth-order valence-corrected chi connectivity index (χ4v) is 3.40. The summed E-state index contributed by atoms with van der Waals surface area (Å²) in [6.07, 6.45) is 0. The number of halogens is 1. The number of likely N-dealkylation sites (N-methyl/N-ethyl adjacent to an activating group) is 2. The monoisotopic (exact) mass is 403 g/mol. The zero-order valence-corrected chi connectivity index (χ0v) is 16.6. The first kappa shape index (κ1) is 20.3. The molecule has 1 aromatic heterocycles. The first-order valence-electron chi connectivity index (χ1n) is 8.88. The number of hydrogen-bond donors (Lipinski definition) is 2. The normalized spacial score (nSPS) is 18.4. The molecule has 0 fully saturated rings. The molecule has 29 heavy (non-hydrogen) atoms. The van der Waals surface area contributed by atoms with Crippen LogP contribution in [0.3, 0.4) is 0 Å². The number of aromatic nitrogens is 2. The Kier molecular flexibility index (Phi) is 5.04. The van der Waals surface area contributed by atoms with Gasteiger partial charge in [-0.1, -0.05) is 12.1 Å². The number of nitrogens with zero attached hydrogens (tertiary/aromatic N) is 4. The van der Waals surface area contributed by atoms with Gasteiger partial charge in [0.25, 0.3) is 17.7 Å². The molecule has 1 aliphatic rings. The third-order valence-electron chi connectivity index (χ3n) is 4.87. The van der Waals surface area contributed by atoms with E-state index < -0.39 is 28.9 Å². The maximum atomic E-state index is 13.0. The largest absolute Gasteiger partial charge is 0.504 e. The van der Waals surface area contributed by atoms with Gasteiger partial charge < -0.3 is 20.2 Å². The molecule has 0 saturated carbocycles. The molecule has 1 unspecified atom stereocenters. The number of amides is 3. The van der Waals surface area contributed by atoms with Crippen LogP contribution < -0.4 is 5.32 Å². The van der Waals surface area contributed by atoms with Crippen molar-refractivity contribution in [3.05, 3.63) is 47.0 Å². The number of rotatable bonds is 4. The minimum Gasteiger partial charge on any atom is -0.504 e. The summed E-state index contributed by atoms with van der Waals surface area (Å²) in [5.41, 5.74) is -1.22. The van der Waals surface area contributed by atoms with Gasteiger partial charge in [-0.15, -0.1) is 0 Å². The molecule has 1 atom stereocenters. The smallest absolute Gasteiger partial charge is 0.275 e.